The fraction of sp³-hybridized carbons (Fsp3) is 0.300. The van der Waals surface area contributed by atoms with E-state index in [1.54, 1.807) is 23.6 Å². The quantitative estimate of drug-likeness (QED) is 0.604. The maximum Gasteiger partial charge on any atom is 0.273 e. The molecule has 0 N–H and O–H groups in total. The van der Waals surface area contributed by atoms with Crippen molar-refractivity contribution in [2.45, 2.75) is 20.4 Å². The second kappa shape index (κ2) is 8.19. The molecule has 0 aliphatic carbocycles. The summed E-state index contributed by atoms with van der Waals surface area (Å²) in [5, 5.41) is 2.56. The lowest BCUT2D eigenvalue weighted by atomic mass is 10.2. The van der Waals surface area contributed by atoms with Crippen LogP contribution in [0.1, 0.15) is 30.1 Å². The van der Waals surface area contributed by atoms with Crippen molar-refractivity contribution in [3.8, 4) is 16.3 Å². The first kappa shape index (κ1) is 18.2. The standard InChI is InChI=1S/C20H22N2O3S/c1-14(2)12-25-18-9-5-4-8-16(18)19-21-17(13-26-19)20(23)22(3)11-15-7-6-10-24-15/h4-10,13-14H,11-12H2,1-3H3. The molecule has 0 saturated heterocycles. The van der Waals surface area contributed by atoms with Crippen molar-refractivity contribution in [3.05, 3.63) is 59.5 Å². The third-order valence-electron chi connectivity index (χ3n) is 3.73. The van der Waals surface area contributed by atoms with Crippen molar-refractivity contribution in [3.63, 3.8) is 0 Å². The molecule has 0 bridgehead atoms. The lowest BCUT2D eigenvalue weighted by Crippen LogP contribution is -2.26. The van der Waals surface area contributed by atoms with Gasteiger partial charge in [0.15, 0.2) is 0 Å². The Kier molecular flexibility index (Phi) is 5.73. The number of ether oxygens (including phenoxy) is 1. The normalized spacial score (nSPS) is 10.9. The van der Waals surface area contributed by atoms with Crippen molar-refractivity contribution >= 4 is 17.2 Å². The molecular weight excluding hydrogens is 348 g/mol. The zero-order valence-electron chi connectivity index (χ0n) is 15.1. The highest BCUT2D eigenvalue weighted by atomic mass is 32.1. The monoisotopic (exact) mass is 370 g/mol. The number of hydrogen-bond acceptors (Lipinski definition) is 5. The van der Waals surface area contributed by atoms with Gasteiger partial charge in [0, 0.05) is 12.4 Å². The molecule has 5 nitrogen and oxygen atoms in total. The fourth-order valence-corrected chi connectivity index (χ4v) is 3.25. The Morgan fingerprint density at radius 3 is 2.81 bits per heavy atom. The second-order valence-corrected chi connectivity index (χ2v) is 7.34. The van der Waals surface area contributed by atoms with Crippen LogP contribution in [0.15, 0.2) is 52.5 Å². The number of furan rings is 1. The Hall–Kier alpha value is -2.60. The molecule has 0 unspecified atom stereocenters. The number of benzene rings is 1. The van der Waals surface area contributed by atoms with E-state index in [1.165, 1.54) is 11.3 Å². The van der Waals surface area contributed by atoms with Gasteiger partial charge in [-0.3, -0.25) is 4.79 Å². The molecule has 1 amide bonds. The molecule has 136 valence electrons. The van der Waals surface area contributed by atoms with Crippen molar-refractivity contribution in [2.24, 2.45) is 5.92 Å². The zero-order chi connectivity index (χ0) is 18.5. The number of nitrogens with zero attached hydrogens (tertiary/aromatic N) is 2. The molecule has 26 heavy (non-hydrogen) atoms. The first-order chi connectivity index (χ1) is 12.5. The summed E-state index contributed by atoms with van der Waals surface area (Å²) in [5.41, 5.74) is 1.34. The molecule has 6 heteroatoms. The zero-order valence-corrected chi connectivity index (χ0v) is 16.0. The molecule has 3 aromatic rings. The van der Waals surface area contributed by atoms with Gasteiger partial charge in [0.1, 0.15) is 22.2 Å². The molecule has 0 radical (unpaired) electrons. The molecule has 0 aliphatic heterocycles. The molecule has 0 fully saturated rings. The van der Waals surface area contributed by atoms with Gasteiger partial charge >= 0.3 is 0 Å². The van der Waals surface area contributed by atoms with Crippen molar-refractivity contribution in [2.75, 3.05) is 13.7 Å². The van der Waals surface area contributed by atoms with E-state index in [4.69, 9.17) is 9.15 Å². The topological polar surface area (TPSA) is 55.6 Å². The van der Waals surface area contributed by atoms with E-state index in [0.29, 0.717) is 24.8 Å². The number of carbonyl (C=O) groups excluding carboxylic acids is 1. The highest BCUT2D eigenvalue weighted by Gasteiger charge is 2.18. The van der Waals surface area contributed by atoms with Crippen molar-refractivity contribution < 1.29 is 13.9 Å². The van der Waals surface area contributed by atoms with Gasteiger partial charge in [0.05, 0.1) is 25.0 Å². The van der Waals surface area contributed by atoms with Gasteiger partial charge in [-0.25, -0.2) is 4.98 Å². The van der Waals surface area contributed by atoms with Crippen LogP contribution < -0.4 is 4.74 Å². The summed E-state index contributed by atoms with van der Waals surface area (Å²) in [4.78, 5) is 18.7. The number of carbonyl (C=O) groups is 1. The van der Waals surface area contributed by atoms with Crippen LogP contribution in [0.2, 0.25) is 0 Å². The van der Waals surface area contributed by atoms with Crippen LogP contribution >= 0.6 is 11.3 Å². The Morgan fingerprint density at radius 1 is 1.27 bits per heavy atom. The lowest BCUT2D eigenvalue weighted by Gasteiger charge is -2.14. The molecule has 1 aromatic carbocycles. The third kappa shape index (κ3) is 4.32. The summed E-state index contributed by atoms with van der Waals surface area (Å²) < 4.78 is 11.2. The summed E-state index contributed by atoms with van der Waals surface area (Å²) >= 11 is 1.44. The minimum Gasteiger partial charge on any atom is -0.493 e. The first-order valence-corrected chi connectivity index (χ1v) is 9.38. The number of para-hydroxylation sites is 1. The third-order valence-corrected chi connectivity index (χ3v) is 4.61. The lowest BCUT2D eigenvalue weighted by molar-refractivity contribution is 0.0770. The second-order valence-electron chi connectivity index (χ2n) is 6.48. The van der Waals surface area contributed by atoms with Crippen molar-refractivity contribution in [1.29, 1.82) is 0 Å². The number of amides is 1. The van der Waals surface area contributed by atoms with E-state index >= 15 is 0 Å². The molecule has 2 heterocycles. The Labute approximate surface area is 157 Å². The molecule has 0 aliphatic rings. The van der Waals surface area contributed by atoms with Gasteiger partial charge in [-0.1, -0.05) is 26.0 Å². The Morgan fingerprint density at radius 2 is 2.08 bits per heavy atom. The summed E-state index contributed by atoms with van der Waals surface area (Å²) in [7, 11) is 1.74. The maximum absolute atomic E-state index is 12.6. The van der Waals surface area contributed by atoms with Gasteiger partial charge in [-0.05, 0) is 30.2 Å². The predicted octanol–water partition coefficient (Wildman–Crippen LogP) is 4.71. The number of hydrogen-bond donors (Lipinski definition) is 0. The van der Waals surface area contributed by atoms with E-state index in [9.17, 15) is 4.79 Å². The Balaban J connectivity index is 1.76. The molecule has 2 aromatic heterocycles. The summed E-state index contributed by atoms with van der Waals surface area (Å²) in [6, 6.07) is 11.4. The van der Waals surface area contributed by atoms with Crippen LogP contribution in [-0.2, 0) is 6.54 Å². The summed E-state index contributed by atoms with van der Waals surface area (Å²) in [6.07, 6.45) is 1.60. The summed E-state index contributed by atoms with van der Waals surface area (Å²) in [6.45, 7) is 5.27. The highest BCUT2D eigenvalue weighted by molar-refractivity contribution is 7.13. The number of aromatic nitrogens is 1. The summed E-state index contributed by atoms with van der Waals surface area (Å²) in [5.74, 6) is 1.83. The van der Waals surface area contributed by atoms with Crippen LogP contribution in [0.5, 0.6) is 5.75 Å². The smallest absolute Gasteiger partial charge is 0.273 e. The van der Waals surface area contributed by atoms with Crippen LogP contribution in [-0.4, -0.2) is 29.4 Å². The van der Waals surface area contributed by atoms with E-state index in [2.05, 4.69) is 18.8 Å². The van der Waals surface area contributed by atoms with Gasteiger partial charge < -0.3 is 14.1 Å². The average Bonchev–Trinajstić information content (AvgIpc) is 3.31. The maximum atomic E-state index is 12.6. The predicted molar refractivity (Wildman–Crippen MR) is 102 cm³/mol. The van der Waals surface area contributed by atoms with Crippen LogP contribution in [0, 0.1) is 5.92 Å². The van der Waals surface area contributed by atoms with E-state index < -0.39 is 0 Å². The van der Waals surface area contributed by atoms with Gasteiger partial charge in [-0.15, -0.1) is 11.3 Å². The van der Waals surface area contributed by atoms with Gasteiger partial charge in [0.25, 0.3) is 5.91 Å². The Bertz CT molecular complexity index is 856. The fourth-order valence-electron chi connectivity index (χ4n) is 2.42. The largest absolute Gasteiger partial charge is 0.493 e. The number of rotatable bonds is 7. The minimum atomic E-state index is -0.135. The molecule has 3 rings (SSSR count). The van der Waals surface area contributed by atoms with Crippen LogP contribution in [0.3, 0.4) is 0 Å². The van der Waals surface area contributed by atoms with Gasteiger partial charge in [-0.2, -0.15) is 0 Å². The first-order valence-electron chi connectivity index (χ1n) is 8.50. The molecule has 0 spiro atoms. The van der Waals surface area contributed by atoms with E-state index in [0.717, 1.165) is 22.1 Å². The number of thiazole rings is 1. The van der Waals surface area contributed by atoms with Gasteiger partial charge in [0.2, 0.25) is 0 Å². The van der Waals surface area contributed by atoms with E-state index in [-0.39, 0.29) is 5.91 Å². The van der Waals surface area contributed by atoms with Crippen LogP contribution in [0.25, 0.3) is 10.6 Å². The average molecular weight is 370 g/mol. The molecule has 0 saturated carbocycles. The molecular formula is C20H22N2O3S. The molecule has 0 atom stereocenters. The minimum absolute atomic E-state index is 0.135. The highest BCUT2D eigenvalue weighted by Crippen LogP contribution is 2.32. The van der Waals surface area contributed by atoms with Crippen molar-refractivity contribution in [1.82, 2.24) is 9.88 Å². The SMILES string of the molecule is CC(C)COc1ccccc1-c1nc(C(=O)N(C)Cc2ccco2)cs1. The van der Waals surface area contributed by atoms with Crippen LogP contribution in [0.4, 0.5) is 0 Å². The van der Waals surface area contributed by atoms with E-state index in [1.807, 2.05) is 36.4 Å².